The van der Waals surface area contributed by atoms with E-state index in [0.29, 0.717) is 26.2 Å². The van der Waals surface area contributed by atoms with E-state index in [2.05, 4.69) is 5.32 Å². The molecule has 0 bridgehead atoms. The van der Waals surface area contributed by atoms with Gasteiger partial charge in [0.25, 0.3) is 0 Å². The second-order valence-electron chi connectivity index (χ2n) is 9.82. The van der Waals surface area contributed by atoms with Crippen molar-refractivity contribution in [2.75, 3.05) is 37.2 Å². The van der Waals surface area contributed by atoms with Gasteiger partial charge in [-0.3, -0.25) is 4.79 Å². The number of rotatable bonds is 5. The van der Waals surface area contributed by atoms with Gasteiger partial charge in [-0.15, -0.1) is 0 Å². The third-order valence-corrected chi connectivity index (χ3v) is 8.32. The van der Waals surface area contributed by atoms with E-state index in [0.717, 1.165) is 47.0 Å². The molecule has 2 saturated heterocycles. The largest absolute Gasteiger partial charge is 0.341 e. The summed E-state index contributed by atoms with van der Waals surface area (Å²) in [5, 5.41) is 4.14. The van der Waals surface area contributed by atoms with Gasteiger partial charge in [0, 0.05) is 37.3 Å². The highest BCUT2D eigenvalue weighted by molar-refractivity contribution is 7.95. The molecule has 2 aromatic carbocycles. The maximum Gasteiger partial charge on any atom is 0.321 e. The summed E-state index contributed by atoms with van der Waals surface area (Å²) in [5.74, 6) is -0.869. The van der Waals surface area contributed by atoms with Crippen LogP contribution in [0.15, 0.2) is 53.9 Å². The average Bonchev–Trinajstić information content (AvgIpc) is 3.24. The molecule has 2 aromatic rings. The van der Waals surface area contributed by atoms with Crippen LogP contribution in [0.5, 0.6) is 0 Å². The number of piperidine rings is 1. The minimum Gasteiger partial charge on any atom is -0.341 e. The monoisotopic (exact) mass is 495 g/mol. The maximum atomic E-state index is 12.8. The summed E-state index contributed by atoms with van der Waals surface area (Å²) < 4.78 is 24.9. The fourth-order valence-electron chi connectivity index (χ4n) is 4.95. The van der Waals surface area contributed by atoms with Gasteiger partial charge < -0.3 is 15.1 Å². The van der Waals surface area contributed by atoms with Gasteiger partial charge in [-0.05, 0) is 61.8 Å². The van der Waals surface area contributed by atoms with Gasteiger partial charge >= 0.3 is 6.03 Å². The zero-order chi connectivity index (χ0) is 25.1. The Morgan fingerprint density at radius 3 is 2.29 bits per heavy atom. The van der Waals surface area contributed by atoms with Crippen LogP contribution in [0.4, 0.5) is 10.5 Å². The van der Waals surface area contributed by atoms with Crippen molar-refractivity contribution in [1.82, 2.24) is 9.80 Å². The summed E-state index contributed by atoms with van der Waals surface area (Å²) in [6.45, 7) is 6.36. The van der Waals surface area contributed by atoms with E-state index in [4.69, 9.17) is 0 Å². The number of amides is 3. The lowest BCUT2D eigenvalue weighted by Crippen LogP contribution is -2.46. The Morgan fingerprint density at radius 2 is 1.63 bits per heavy atom. The molecule has 0 aromatic heterocycles. The summed E-state index contributed by atoms with van der Waals surface area (Å²) in [6, 6.07) is 15.0. The summed E-state index contributed by atoms with van der Waals surface area (Å²) >= 11 is 0. The molecular formula is C27H33N3O4S. The third kappa shape index (κ3) is 6.31. The van der Waals surface area contributed by atoms with Crippen LogP contribution >= 0.6 is 0 Å². The van der Waals surface area contributed by atoms with Crippen LogP contribution in [0.2, 0.25) is 0 Å². The van der Waals surface area contributed by atoms with Gasteiger partial charge in [0.15, 0.2) is 9.84 Å². The van der Waals surface area contributed by atoms with Crippen molar-refractivity contribution < 1.29 is 18.0 Å². The summed E-state index contributed by atoms with van der Waals surface area (Å²) in [6.07, 6.45) is 3.97. The molecule has 0 saturated carbocycles. The lowest BCUT2D eigenvalue weighted by molar-refractivity contribution is -0.127. The van der Waals surface area contributed by atoms with Gasteiger partial charge in [-0.1, -0.05) is 48.0 Å². The number of likely N-dealkylation sites (tertiary alicyclic amines) is 2. The van der Waals surface area contributed by atoms with Crippen LogP contribution in [0.3, 0.4) is 0 Å². The number of hydrogen-bond acceptors (Lipinski definition) is 4. The minimum absolute atomic E-state index is 0.0458. The van der Waals surface area contributed by atoms with E-state index < -0.39 is 15.6 Å². The van der Waals surface area contributed by atoms with Crippen molar-refractivity contribution in [3.05, 3.63) is 70.6 Å². The predicted octanol–water partition coefficient (Wildman–Crippen LogP) is 4.24. The fourth-order valence-corrected chi connectivity index (χ4v) is 5.93. The highest BCUT2D eigenvalue weighted by Gasteiger charge is 2.43. The number of carbonyl (C=O) groups is 2. The number of sulfone groups is 1. The first-order valence-corrected chi connectivity index (χ1v) is 13.7. The highest BCUT2D eigenvalue weighted by atomic mass is 32.2. The van der Waals surface area contributed by atoms with E-state index in [1.165, 1.54) is 6.08 Å². The molecule has 4 rings (SSSR count). The van der Waals surface area contributed by atoms with Crippen molar-refractivity contribution in [2.24, 2.45) is 5.41 Å². The molecule has 8 heteroatoms. The Hall–Kier alpha value is -3.13. The van der Waals surface area contributed by atoms with Crippen LogP contribution < -0.4 is 5.32 Å². The maximum absolute atomic E-state index is 12.8. The third-order valence-electron chi connectivity index (χ3n) is 7.12. The van der Waals surface area contributed by atoms with Crippen molar-refractivity contribution in [3.63, 3.8) is 0 Å². The molecule has 35 heavy (non-hydrogen) atoms. The molecule has 0 unspecified atom stereocenters. The number of nitrogens with one attached hydrogen (secondary N) is 1. The van der Waals surface area contributed by atoms with Crippen LogP contribution in [0, 0.1) is 19.3 Å². The van der Waals surface area contributed by atoms with E-state index in [1.807, 2.05) is 67.3 Å². The van der Waals surface area contributed by atoms with Gasteiger partial charge in [-0.2, -0.15) is 0 Å². The van der Waals surface area contributed by atoms with Crippen LogP contribution in [0.25, 0.3) is 6.08 Å². The fraction of sp³-hybridized carbons (Fsp3) is 0.407. The Kier molecular flexibility index (Phi) is 7.31. The minimum atomic E-state index is -3.65. The molecule has 0 radical (unpaired) electrons. The van der Waals surface area contributed by atoms with Gasteiger partial charge in [-0.25, -0.2) is 13.2 Å². The van der Waals surface area contributed by atoms with Crippen molar-refractivity contribution >= 4 is 33.5 Å². The second-order valence-corrected chi connectivity index (χ2v) is 11.7. The first kappa shape index (κ1) is 25.0. The number of benzene rings is 2. The lowest BCUT2D eigenvalue weighted by Gasteiger charge is -2.39. The van der Waals surface area contributed by atoms with Gasteiger partial charge in [0.05, 0.1) is 0 Å². The number of anilines is 1. The molecule has 2 heterocycles. The first-order chi connectivity index (χ1) is 16.6. The normalized spacial score (nSPS) is 17.8. The molecule has 0 aliphatic carbocycles. The topological polar surface area (TPSA) is 86.8 Å². The number of aryl methyl sites for hydroxylation is 2. The van der Waals surface area contributed by atoms with Crippen LogP contribution in [-0.4, -0.2) is 62.1 Å². The van der Waals surface area contributed by atoms with Crippen molar-refractivity contribution in [1.29, 1.82) is 0 Å². The molecule has 2 aliphatic heterocycles. The summed E-state index contributed by atoms with van der Waals surface area (Å²) in [4.78, 5) is 29.1. The van der Waals surface area contributed by atoms with Crippen molar-refractivity contribution in [3.8, 4) is 0 Å². The lowest BCUT2D eigenvalue weighted by atomic mass is 9.78. The molecule has 7 nitrogen and oxygen atoms in total. The average molecular weight is 496 g/mol. The summed E-state index contributed by atoms with van der Waals surface area (Å²) in [5.41, 5.74) is 3.74. The molecule has 2 fully saturated rings. The number of hydrogen-bond donors (Lipinski definition) is 1. The molecule has 186 valence electrons. The molecule has 2 aliphatic rings. The van der Waals surface area contributed by atoms with E-state index >= 15 is 0 Å². The second kappa shape index (κ2) is 10.2. The smallest absolute Gasteiger partial charge is 0.321 e. The van der Waals surface area contributed by atoms with Gasteiger partial charge in [0.2, 0.25) is 5.91 Å². The van der Waals surface area contributed by atoms with E-state index in [-0.39, 0.29) is 17.4 Å². The summed E-state index contributed by atoms with van der Waals surface area (Å²) in [7, 11) is -3.65. The quantitative estimate of drug-likeness (QED) is 0.672. The highest BCUT2D eigenvalue weighted by Crippen LogP contribution is 2.40. The zero-order valence-electron chi connectivity index (χ0n) is 20.4. The van der Waals surface area contributed by atoms with Crippen LogP contribution in [0.1, 0.15) is 36.0 Å². The zero-order valence-corrected chi connectivity index (χ0v) is 21.2. The Bertz CT molecular complexity index is 1220. The standard InChI is InChI=1S/C27H33N3O4S/c1-21-8-9-24(22(2)18-21)28-26(32)29-14-11-27(12-15-29)13-16-30(20-27)25(31)19-35(33,34)17-10-23-6-4-3-5-7-23/h3-10,17-18H,11-16,19-20H2,1-2H3,(H,28,32)/b17-10+. The van der Waals surface area contributed by atoms with E-state index in [9.17, 15) is 18.0 Å². The number of carbonyl (C=O) groups excluding carboxylic acids is 2. The predicted molar refractivity (Wildman–Crippen MR) is 139 cm³/mol. The molecule has 1 N–H and O–H groups in total. The number of nitrogens with zero attached hydrogens (tertiary/aromatic N) is 2. The Balaban J connectivity index is 1.28. The first-order valence-electron chi connectivity index (χ1n) is 12.0. The Labute approximate surface area is 207 Å². The van der Waals surface area contributed by atoms with Gasteiger partial charge in [0.1, 0.15) is 5.75 Å². The molecule has 1 spiro atoms. The number of urea groups is 1. The van der Waals surface area contributed by atoms with Crippen LogP contribution in [-0.2, 0) is 14.6 Å². The Morgan fingerprint density at radius 1 is 0.971 bits per heavy atom. The van der Waals surface area contributed by atoms with E-state index in [1.54, 1.807) is 4.90 Å². The molecular weight excluding hydrogens is 462 g/mol. The van der Waals surface area contributed by atoms with Crippen molar-refractivity contribution in [2.45, 2.75) is 33.1 Å². The molecule has 0 atom stereocenters. The molecule has 3 amide bonds. The SMILES string of the molecule is Cc1ccc(NC(=O)N2CCC3(CCN(C(=O)CS(=O)(=O)/C=C/c4ccccc4)C3)CC2)c(C)c1.